The van der Waals surface area contributed by atoms with E-state index in [0.717, 1.165) is 14.2 Å². The van der Waals surface area contributed by atoms with Crippen molar-refractivity contribution in [2.24, 2.45) is 23.7 Å². The second kappa shape index (κ2) is 12.9. The molecule has 6 atom stereocenters. The highest BCUT2D eigenvalue weighted by Gasteiger charge is 2.52. The minimum Gasteiger partial charge on any atom is -0.469 e. The number of fused-ring (bicyclic) bond motifs is 2. The summed E-state index contributed by atoms with van der Waals surface area (Å²) < 4.78 is 18.6. The van der Waals surface area contributed by atoms with Gasteiger partial charge in [-0.2, -0.15) is 0 Å². The number of esters is 4. The Hall–Kier alpha value is -3.44. The van der Waals surface area contributed by atoms with E-state index in [1.807, 2.05) is 12.2 Å². The summed E-state index contributed by atoms with van der Waals surface area (Å²) in [5.74, 6) is -5.68. The van der Waals surface area contributed by atoms with E-state index in [0.29, 0.717) is 6.42 Å². The van der Waals surface area contributed by atoms with Crippen LogP contribution in [0, 0.1) is 23.7 Å². The van der Waals surface area contributed by atoms with E-state index in [1.165, 1.54) is 14.2 Å². The molecule has 2 aliphatic rings. The largest absolute Gasteiger partial charge is 0.469 e. The van der Waals surface area contributed by atoms with Gasteiger partial charge in [0.2, 0.25) is 11.8 Å². The minimum absolute atomic E-state index is 0.0312. The van der Waals surface area contributed by atoms with Crippen LogP contribution in [0.3, 0.4) is 0 Å². The van der Waals surface area contributed by atoms with Crippen molar-refractivity contribution in [1.82, 2.24) is 10.6 Å². The lowest BCUT2D eigenvalue weighted by Crippen LogP contribution is -2.51. The molecule has 0 aromatic rings. The van der Waals surface area contributed by atoms with Gasteiger partial charge < -0.3 is 29.6 Å². The molecule has 0 spiro atoms. The van der Waals surface area contributed by atoms with Crippen LogP contribution >= 0.6 is 0 Å². The van der Waals surface area contributed by atoms with Crippen LogP contribution < -0.4 is 10.6 Å². The van der Waals surface area contributed by atoms with Crippen LogP contribution in [-0.2, 0) is 47.7 Å². The topological polar surface area (TPSA) is 163 Å². The molecule has 0 aromatic carbocycles. The van der Waals surface area contributed by atoms with Crippen molar-refractivity contribution in [3.8, 4) is 0 Å². The normalized spacial score (nSPS) is 23.5. The summed E-state index contributed by atoms with van der Waals surface area (Å²) in [5.41, 5.74) is 0. The van der Waals surface area contributed by atoms with E-state index in [1.54, 1.807) is 0 Å². The van der Waals surface area contributed by atoms with Crippen LogP contribution in [0.15, 0.2) is 12.2 Å². The monoisotopic (exact) mass is 496 g/mol. The molecule has 2 bridgehead atoms. The number of methoxy groups -OCH3 is 4. The molecule has 2 rings (SSSR count). The van der Waals surface area contributed by atoms with Gasteiger partial charge >= 0.3 is 23.9 Å². The van der Waals surface area contributed by atoms with Gasteiger partial charge in [-0.15, -0.1) is 0 Å². The zero-order chi connectivity index (χ0) is 26.1. The molecule has 0 saturated heterocycles. The number of amides is 2. The Morgan fingerprint density at radius 2 is 1.06 bits per heavy atom. The number of hydrogen-bond donors (Lipinski definition) is 2. The van der Waals surface area contributed by atoms with Crippen LogP contribution in [0.5, 0.6) is 0 Å². The molecule has 1 fully saturated rings. The van der Waals surface area contributed by atoms with Gasteiger partial charge in [0, 0.05) is 12.8 Å². The number of hydrogen-bond acceptors (Lipinski definition) is 10. The number of nitrogens with one attached hydrogen (secondary N) is 2. The first-order chi connectivity index (χ1) is 16.7. The van der Waals surface area contributed by atoms with E-state index < -0.39 is 59.6 Å². The average Bonchev–Trinajstić information content (AvgIpc) is 3.49. The van der Waals surface area contributed by atoms with E-state index in [-0.39, 0.29) is 37.5 Å². The van der Waals surface area contributed by atoms with Gasteiger partial charge in [-0.1, -0.05) is 12.2 Å². The SMILES string of the molecule is COC(=O)CC[C@H](NC(=O)[C@@H]1[C@H](C(=O)N[C@@H](CCC(=O)OC)C(=O)OC)[C@@H]2C=C[C@H]1C2)C(=O)OC. The van der Waals surface area contributed by atoms with Crippen LogP contribution in [0.1, 0.15) is 32.1 Å². The first kappa shape index (κ1) is 27.8. The lowest BCUT2D eigenvalue weighted by atomic mass is 9.81. The Bertz CT molecular complexity index is 802. The molecule has 2 aliphatic carbocycles. The van der Waals surface area contributed by atoms with Crippen molar-refractivity contribution >= 4 is 35.7 Å². The van der Waals surface area contributed by atoms with Gasteiger partial charge in [0.15, 0.2) is 0 Å². The summed E-state index contributed by atoms with van der Waals surface area (Å²) in [6.07, 6.45) is 3.99. The van der Waals surface area contributed by atoms with Crippen molar-refractivity contribution in [3.05, 3.63) is 12.2 Å². The summed E-state index contributed by atoms with van der Waals surface area (Å²) in [6.45, 7) is 0. The predicted octanol–water partition coefficient (Wildman–Crippen LogP) is -0.353. The molecule has 194 valence electrons. The smallest absolute Gasteiger partial charge is 0.328 e. The molecule has 0 radical (unpaired) electrons. The molecule has 35 heavy (non-hydrogen) atoms. The van der Waals surface area contributed by atoms with Crippen molar-refractivity contribution in [2.75, 3.05) is 28.4 Å². The molecular weight excluding hydrogens is 464 g/mol. The summed E-state index contributed by atoms with van der Waals surface area (Å²) in [4.78, 5) is 73.8. The molecule has 1 saturated carbocycles. The quantitative estimate of drug-likeness (QED) is 0.207. The fourth-order valence-corrected chi connectivity index (χ4v) is 4.58. The van der Waals surface area contributed by atoms with Gasteiger partial charge in [0.25, 0.3) is 0 Å². The third-order valence-corrected chi connectivity index (χ3v) is 6.40. The highest BCUT2D eigenvalue weighted by atomic mass is 16.5. The average molecular weight is 497 g/mol. The fraction of sp³-hybridized carbons (Fsp3) is 0.652. The lowest BCUT2D eigenvalue weighted by Gasteiger charge is -2.29. The predicted molar refractivity (Wildman–Crippen MR) is 118 cm³/mol. The molecule has 0 aromatic heterocycles. The Morgan fingerprint density at radius 1 is 0.686 bits per heavy atom. The maximum Gasteiger partial charge on any atom is 0.328 e. The van der Waals surface area contributed by atoms with Gasteiger partial charge in [-0.05, 0) is 31.1 Å². The molecule has 0 aliphatic heterocycles. The third kappa shape index (κ3) is 7.03. The molecule has 2 amide bonds. The highest BCUT2D eigenvalue weighted by molar-refractivity contribution is 5.93. The number of carbonyl (C=O) groups excluding carboxylic acids is 6. The van der Waals surface area contributed by atoms with Crippen molar-refractivity contribution < 1.29 is 47.7 Å². The minimum atomic E-state index is -1.10. The third-order valence-electron chi connectivity index (χ3n) is 6.40. The van der Waals surface area contributed by atoms with E-state index in [9.17, 15) is 28.8 Å². The number of carbonyl (C=O) groups is 6. The summed E-state index contributed by atoms with van der Waals surface area (Å²) in [6, 6.07) is -2.19. The molecule has 2 N–H and O–H groups in total. The number of allylic oxidation sites excluding steroid dienone is 2. The van der Waals surface area contributed by atoms with Crippen LogP contribution in [0.25, 0.3) is 0 Å². The van der Waals surface area contributed by atoms with Gasteiger partial charge in [-0.3, -0.25) is 19.2 Å². The molecule has 12 heteroatoms. The maximum atomic E-state index is 13.2. The summed E-state index contributed by atoms with van der Waals surface area (Å²) in [7, 11) is 4.76. The van der Waals surface area contributed by atoms with Crippen LogP contribution in [-0.4, -0.2) is 76.2 Å². The standard InChI is InChI=1S/C23H32N2O10/c1-32-16(26)9-7-14(22(30)34-3)24-20(28)18-12-5-6-13(11-12)19(18)21(29)25-15(23(31)35-4)8-10-17(27)33-2/h5-6,12-15,18-19H,7-11H2,1-4H3,(H,24,28)(H,25,29)/t12-,13+,14-,15-,18-,19+/m0/s1. The van der Waals surface area contributed by atoms with Crippen molar-refractivity contribution in [1.29, 1.82) is 0 Å². The molecule has 0 unspecified atom stereocenters. The van der Waals surface area contributed by atoms with Crippen LogP contribution in [0.2, 0.25) is 0 Å². The van der Waals surface area contributed by atoms with Crippen molar-refractivity contribution in [2.45, 2.75) is 44.2 Å². The number of rotatable bonds is 12. The second-order valence-corrected chi connectivity index (χ2v) is 8.40. The van der Waals surface area contributed by atoms with E-state index in [2.05, 4.69) is 20.1 Å². The Morgan fingerprint density at radius 3 is 1.37 bits per heavy atom. The Labute approximate surface area is 203 Å². The van der Waals surface area contributed by atoms with Crippen molar-refractivity contribution in [3.63, 3.8) is 0 Å². The van der Waals surface area contributed by atoms with Crippen LogP contribution in [0.4, 0.5) is 0 Å². The Kier molecular flexibility index (Phi) is 10.2. The second-order valence-electron chi connectivity index (χ2n) is 8.40. The summed E-state index contributed by atoms with van der Waals surface area (Å²) in [5, 5.41) is 5.21. The highest BCUT2D eigenvalue weighted by Crippen LogP contribution is 2.48. The van der Waals surface area contributed by atoms with E-state index in [4.69, 9.17) is 9.47 Å². The van der Waals surface area contributed by atoms with E-state index >= 15 is 0 Å². The van der Waals surface area contributed by atoms with Gasteiger partial charge in [-0.25, -0.2) is 9.59 Å². The Balaban J connectivity index is 2.15. The summed E-state index contributed by atoms with van der Waals surface area (Å²) >= 11 is 0. The number of ether oxygens (including phenoxy) is 4. The zero-order valence-electron chi connectivity index (χ0n) is 20.2. The molecule has 0 heterocycles. The molecule has 12 nitrogen and oxygen atoms in total. The first-order valence-corrected chi connectivity index (χ1v) is 11.2. The maximum absolute atomic E-state index is 13.2. The fourth-order valence-electron chi connectivity index (χ4n) is 4.58. The van der Waals surface area contributed by atoms with Gasteiger partial charge in [0.05, 0.1) is 40.3 Å². The lowest BCUT2D eigenvalue weighted by molar-refractivity contribution is -0.149. The molecular formula is C23H32N2O10. The first-order valence-electron chi connectivity index (χ1n) is 11.2. The zero-order valence-corrected chi connectivity index (χ0v) is 20.2. The van der Waals surface area contributed by atoms with Gasteiger partial charge in [0.1, 0.15) is 12.1 Å².